The van der Waals surface area contributed by atoms with Gasteiger partial charge in [-0.3, -0.25) is 0 Å². The van der Waals surface area contributed by atoms with Crippen molar-refractivity contribution in [2.45, 2.75) is 31.4 Å². The molecule has 2 unspecified atom stereocenters. The Hall–Kier alpha value is -0.900. The van der Waals surface area contributed by atoms with Crippen LogP contribution in [0.2, 0.25) is 0 Å². The van der Waals surface area contributed by atoms with Gasteiger partial charge in [0.2, 0.25) is 0 Å². The van der Waals surface area contributed by atoms with E-state index in [1.54, 1.807) is 11.3 Å². The molecule has 0 bridgehead atoms. The molecule has 1 aliphatic rings. The molecule has 3 rings (SSSR count). The van der Waals surface area contributed by atoms with Crippen LogP contribution in [0.5, 0.6) is 0 Å². The van der Waals surface area contributed by atoms with Crippen LogP contribution >= 0.6 is 11.3 Å². The summed E-state index contributed by atoms with van der Waals surface area (Å²) in [6.07, 6.45) is 2.17. The molecular weight excluding hydrogens is 230 g/mol. The minimum Gasteiger partial charge on any atom is -0.373 e. The van der Waals surface area contributed by atoms with Crippen molar-refractivity contribution in [3.8, 4) is 0 Å². The topological polar surface area (TPSA) is 35.2 Å². The van der Waals surface area contributed by atoms with Crippen molar-refractivity contribution in [2.75, 3.05) is 6.61 Å². The monoisotopic (exact) mass is 247 g/mol. The fourth-order valence-corrected chi connectivity index (χ4v) is 3.59. The Kier molecular flexibility index (Phi) is 2.69. The lowest BCUT2D eigenvalue weighted by atomic mass is 9.88. The third-order valence-corrected chi connectivity index (χ3v) is 4.73. The van der Waals surface area contributed by atoms with Gasteiger partial charge in [-0.2, -0.15) is 0 Å². The summed E-state index contributed by atoms with van der Waals surface area (Å²) in [6.45, 7) is 2.97. The molecule has 2 nitrogen and oxygen atoms in total. The third-order valence-electron chi connectivity index (χ3n) is 3.75. The quantitative estimate of drug-likeness (QED) is 0.882. The highest BCUT2D eigenvalue weighted by molar-refractivity contribution is 7.17. The molecule has 0 radical (unpaired) electrons. The maximum atomic E-state index is 6.44. The maximum absolute atomic E-state index is 6.44. The first kappa shape index (κ1) is 11.2. The predicted molar refractivity (Wildman–Crippen MR) is 72.3 cm³/mol. The van der Waals surface area contributed by atoms with E-state index in [4.69, 9.17) is 10.5 Å². The minimum absolute atomic E-state index is 0.0349. The Labute approximate surface area is 105 Å². The Balaban J connectivity index is 2.05. The highest BCUT2D eigenvalue weighted by Gasteiger charge is 2.37. The van der Waals surface area contributed by atoms with Gasteiger partial charge in [-0.1, -0.05) is 18.2 Å². The fraction of sp³-hybridized carbons (Fsp3) is 0.429. The van der Waals surface area contributed by atoms with Crippen LogP contribution < -0.4 is 5.73 Å². The van der Waals surface area contributed by atoms with E-state index in [1.807, 2.05) is 0 Å². The van der Waals surface area contributed by atoms with Crippen LogP contribution in [-0.4, -0.2) is 12.2 Å². The molecule has 0 spiro atoms. The summed E-state index contributed by atoms with van der Waals surface area (Å²) in [5.74, 6) is 0. The second kappa shape index (κ2) is 4.09. The van der Waals surface area contributed by atoms with Gasteiger partial charge in [0, 0.05) is 11.3 Å². The van der Waals surface area contributed by atoms with Gasteiger partial charge in [-0.05, 0) is 42.2 Å². The van der Waals surface area contributed by atoms with Crippen LogP contribution in [0.4, 0.5) is 0 Å². The van der Waals surface area contributed by atoms with Crippen molar-refractivity contribution in [3.63, 3.8) is 0 Å². The number of fused-ring (bicyclic) bond motifs is 1. The van der Waals surface area contributed by atoms with Crippen molar-refractivity contribution < 1.29 is 4.74 Å². The third kappa shape index (κ3) is 1.79. The highest BCUT2D eigenvalue weighted by atomic mass is 32.1. The molecule has 0 amide bonds. The second-order valence-electron chi connectivity index (χ2n) is 4.93. The zero-order valence-electron chi connectivity index (χ0n) is 9.98. The Morgan fingerprint density at radius 2 is 2.29 bits per heavy atom. The fourth-order valence-electron chi connectivity index (χ4n) is 2.64. The summed E-state index contributed by atoms with van der Waals surface area (Å²) in [6, 6.07) is 8.47. The number of benzene rings is 1. The zero-order chi connectivity index (χ0) is 11.9. The minimum atomic E-state index is -0.196. The smallest absolute Gasteiger partial charge is 0.0847 e. The number of rotatable bonds is 2. The molecule has 1 aromatic carbocycles. The molecule has 2 heterocycles. The lowest BCUT2D eigenvalue weighted by Gasteiger charge is -2.31. The van der Waals surface area contributed by atoms with E-state index >= 15 is 0 Å². The first-order valence-electron chi connectivity index (χ1n) is 6.06. The maximum Gasteiger partial charge on any atom is 0.0847 e. The number of hydrogen-bond donors (Lipinski definition) is 1. The molecule has 2 N–H and O–H groups in total. The van der Waals surface area contributed by atoms with Gasteiger partial charge in [-0.25, -0.2) is 0 Å². The molecule has 1 aromatic heterocycles. The average molecular weight is 247 g/mol. The summed E-state index contributed by atoms with van der Waals surface area (Å²) in [5, 5.41) is 3.41. The van der Waals surface area contributed by atoms with Gasteiger partial charge in [0.25, 0.3) is 0 Å². The summed E-state index contributed by atoms with van der Waals surface area (Å²) in [7, 11) is 0. The van der Waals surface area contributed by atoms with Crippen molar-refractivity contribution in [3.05, 3.63) is 35.2 Å². The molecule has 1 saturated heterocycles. The zero-order valence-corrected chi connectivity index (χ0v) is 10.8. The molecule has 3 heteroatoms. The van der Waals surface area contributed by atoms with Crippen molar-refractivity contribution in [1.82, 2.24) is 0 Å². The Morgan fingerprint density at radius 3 is 3.06 bits per heavy atom. The van der Waals surface area contributed by atoms with E-state index in [0.29, 0.717) is 0 Å². The molecule has 2 atom stereocenters. The predicted octanol–water partition coefficient (Wildman–Crippen LogP) is 3.47. The number of nitrogens with two attached hydrogens (primary N) is 1. The number of thiophene rings is 1. The Bertz CT molecular complexity index is 528. The van der Waals surface area contributed by atoms with E-state index < -0.39 is 0 Å². The largest absolute Gasteiger partial charge is 0.373 e. The van der Waals surface area contributed by atoms with E-state index in [9.17, 15) is 0 Å². The molecule has 17 heavy (non-hydrogen) atoms. The van der Waals surface area contributed by atoms with Gasteiger partial charge < -0.3 is 10.5 Å². The molecule has 90 valence electrons. The average Bonchev–Trinajstić information content (AvgIpc) is 2.96. The molecular formula is C14H17NOS. The number of ether oxygens (including phenoxy) is 1. The summed E-state index contributed by atoms with van der Waals surface area (Å²) in [4.78, 5) is 0. The van der Waals surface area contributed by atoms with Crippen LogP contribution in [0, 0.1) is 0 Å². The van der Waals surface area contributed by atoms with Gasteiger partial charge in [0.05, 0.1) is 11.6 Å². The first-order chi connectivity index (χ1) is 8.21. The standard InChI is InChI=1S/C14H17NOS/c1-14(7-3-8-16-14)13(15)11-5-2-4-10-6-9-17-12(10)11/h2,4-6,9,13H,3,7-8,15H2,1H3. The van der Waals surface area contributed by atoms with Crippen molar-refractivity contribution in [2.24, 2.45) is 5.73 Å². The molecule has 1 aliphatic heterocycles. The lowest BCUT2D eigenvalue weighted by Crippen LogP contribution is -2.37. The molecule has 2 aromatic rings. The summed E-state index contributed by atoms with van der Waals surface area (Å²) >= 11 is 1.76. The summed E-state index contributed by atoms with van der Waals surface area (Å²) < 4.78 is 7.16. The van der Waals surface area contributed by atoms with Crippen molar-refractivity contribution in [1.29, 1.82) is 0 Å². The van der Waals surface area contributed by atoms with Crippen LogP contribution in [0.25, 0.3) is 10.1 Å². The lowest BCUT2D eigenvalue weighted by molar-refractivity contribution is -0.00135. The van der Waals surface area contributed by atoms with E-state index in [0.717, 1.165) is 19.4 Å². The van der Waals surface area contributed by atoms with Crippen molar-refractivity contribution >= 4 is 21.4 Å². The molecule has 0 saturated carbocycles. The normalized spacial score (nSPS) is 26.5. The van der Waals surface area contributed by atoms with Crippen LogP contribution in [0.15, 0.2) is 29.6 Å². The number of hydrogen-bond acceptors (Lipinski definition) is 3. The molecule has 1 fully saturated rings. The van der Waals surface area contributed by atoms with E-state index in [1.165, 1.54) is 15.6 Å². The summed E-state index contributed by atoms with van der Waals surface area (Å²) in [5.41, 5.74) is 7.47. The SMILES string of the molecule is CC1(C(N)c2cccc3ccsc23)CCCO1. The van der Waals surface area contributed by atoms with Crippen LogP contribution in [0.3, 0.4) is 0 Å². The van der Waals surface area contributed by atoms with Gasteiger partial charge in [0.1, 0.15) is 0 Å². The van der Waals surface area contributed by atoms with Gasteiger partial charge in [0.15, 0.2) is 0 Å². The Morgan fingerprint density at radius 1 is 1.41 bits per heavy atom. The van der Waals surface area contributed by atoms with Gasteiger partial charge in [-0.15, -0.1) is 11.3 Å². The van der Waals surface area contributed by atoms with E-state index in [2.05, 4.69) is 36.6 Å². The van der Waals surface area contributed by atoms with E-state index in [-0.39, 0.29) is 11.6 Å². The van der Waals surface area contributed by atoms with Crippen LogP contribution in [-0.2, 0) is 4.74 Å². The highest BCUT2D eigenvalue weighted by Crippen LogP contribution is 2.39. The van der Waals surface area contributed by atoms with Crippen LogP contribution in [0.1, 0.15) is 31.4 Å². The first-order valence-corrected chi connectivity index (χ1v) is 6.94. The molecule has 0 aliphatic carbocycles. The second-order valence-corrected chi connectivity index (χ2v) is 5.84. The van der Waals surface area contributed by atoms with Gasteiger partial charge >= 0.3 is 0 Å².